The first-order valence-corrected chi connectivity index (χ1v) is 4.74. The summed E-state index contributed by atoms with van der Waals surface area (Å²) in [6.07, 6.45) is 0. The molecule has 2 amide bonds. The predicted molar refractivity (Wildman–Crippen MR) is 50.7 cm³/mol. The normalized spacial score (nSPS) is 15.4. The van der Waals surface area contributed by atoms with E-state index in [-0.39, 0.29) is 12.3 Å². The van der Waals surface area contributed by atoms with Crippen molar-refractivity contribution in [3.8, 4) is 0 Å². The zero-order valence-electron chi connectivity index (χ0n) is 6.91. The van der Waals surface area contributed by atoms with Crippen LogP contribution in [0, 0.1) is 0 Å². The fraction of sp³-hybridized carbons (Fsp3) is 0.429. The number of hydrogen-bond acceptors (Lipinski definition) is 3. The molecule has 1 heterocycles. The Bertz CT molecular complexity index is 309. The van der Waals surface area contributed by atoms with Gasteiger partial charge in [-0.15, -0.1) is 0 Å². The zero-order valence-corrected chi connectivity index (χ0v) is 8.50. The number of rotatable bonds is 3. The van der Waals surface area contributed by atoms with E-state index in [1.54, 1.807) is 6.92 Å². The SMILES string of the molecule is CCOC(=O)C1=NC(=O)N=C1CBr. The number of urea groups is 1. The number of carbonyl (C=O) groups excluding carboxylic acids is 2. The Balaban J connectivity index is 2.81. The molecule has 0 saturated carbocycles. The van der Waals surface area contributed by atoms with Crippen LogP contribution in [-0.2, 0) is 9.53 Å². The molecule has 6 heteroatoms. The molecule has 0 unspecified atom stereocenters. The van der Waals surface area contributed by atoms with E-state index in [4.69, 9.17) is 0 Å². The molecule has 0 aromatic heterocycles. The average Bonchev–Trinajstić information content (AvgIpc) is 2.47. The van der Waals surface area contributed by atoms with E-state index >= 15 is 0 Å². The van der Waals surface area contributed by atoms with Gasteiger partial charge in [0.1, 0.15) is 0 Å². The van der Waals surface area contributed by atoms with Gasteiger partial charge in [0.15, 0.2) is 5.71 Å². The quantitative estimate of drug-likeness (QED) is 0.551. The molecule has 70 valence electrons. The lowest BCUT2D eigenvalue weighted by molar-refractivity contribution is -0.134. The lowest BCUT2D eigenvalue weighted by atomic mass is 10.3. The molecule has 0 bridgehead atoms. The summed E-state index contributed by atoms with van der Waals surface area (Å²) < 4.78 is 4.68. The molecule has 0 aliphatic carbocycles. The second-order valence-corrected chi connectivity index (χ2v) is 2.72. The molecule has 0 fully saturated rings. The Morgan fingerprint density at radius 1 is 1.54 bits per heavy atom. The molecule has 0 radical (unpaired) electrons. The Morgan fingerprint density at radius 3 is 2.77 bits per heavy atom. The van der Waals surface area contributed by atoms with E-state index in [2.05, 4.69) is 30.7 Å². The number of esters is 1. The van der Waals surface area contributed by atoms with Crippen LogP contribution in [0.5, 0.6) is 0 Å². The molecule has 0 saturated heterocycles. The largest absolute Gasteiger partial charge is 0.461 e. The number of halogens is 1. The Morgan fingerprint density at radius 2 is 2.23 bits per heavy atom. The maximum atomic E-state index is 11.2. The van der Waals surface area contributed by atoms with Crippen molar-refractivity contribution in [1.82, 2.24) is 0 Å². The molecular weight excluding hydrogens is 240 g/mol. The summed E-state index contributed by atoms with van der Waals surface area (Å²) in [6, 6.07) is -0.655. The molecule has 0 N–H and O–H groups in total. The predicted octanol–water partition coefficient (Wildman–Crippen LogP) is 0.960. The highest BCUT2D eigenvalue weighted by Crippen LogP contribution is 2.04. The van der Waals surface area contributed by atoms with E-state index in [1.807, 2.05) is 0 Å². The molecule has 0 spiro atoms. The van der Waals surface area contributed by atoms with Crippen molar-refractivity contribution >= 4 is 39.4 Å². The maximum Gasteiger partial charge on any atom is 0.368 e. The molecule has 1 aliphatic rings. The van der Waals surface area contributed by atoms with Crippen LogP contribution in [0.15, 0.2) is 9.98 Å². The Hall–Kier alpha value is -1.04. The Kier molecular flexibility index (Phi) is 3.30. The van der Waals surface area contributed by atoms with Crippen molar-refractivity contribution in [2.75, 3.05) is 11.9 Å². The van der Waals surface area contributed by atoms with Crippen molar-refractivity contribution in [1.29, 1.82) is 0 Å². The minimum Gasteiger partial charge on any atom is -0.461 e. The second-order valence-electron chi connectivity index (χ2n) is 2.16. The van der Waals surface area contributed by atoms with Gasteiger partial charge < -0.3 is 4.74 Å². The molecule has 0 aromatic rings. The van der Waals surface area contributed by atoms with Crippen molar-refractivity contribution in [2.45, 2.75) is 6.92 Å². The first-order chi connectivity index (χ1) is 6.19. The van der Waals surface area contributed by atoms with E-state index in [0.717, 1.165) is 0 Å². The number of alkyl halides is 1. The van der Waals surface area contributed by atoms with E-state index in [9.17, 15) is 9.59 Å². The van der Waals surface area contributed by atoms with Crippen molar-refractivity contribution < 1.29 is 14.3 Å². The van der Waals surface area contributed by atoms with Crippen molar-refractivity contribution in [3.63, 3.8) is 0 Å². The highest BCUT2D eigenvalue weighted by Gasteiger charge is 2.25. The molecule has 5 nitrogen and oxygen atoms in total. The van der Waals surface area contributed by atoms with E-state index < -0.39 is 12.0 Å². The number of hydrogen-bond donors (Lipinski definition) is 0. The van der Waals surface area contributed by atoms with Crippen molar-refractivity contribution in [3.05, 3.63) is 0 Å². The van der Waals surface area contributed by atoms with E-state index in [0.29, 0.717) is 11.0 Å². The molecule has 0 aromatic carbocycles. The molecule has 1 rings (SSSR count). The summed E-state index contributed by atoms with van der Waals surface area (Å²) in [7, 11) is 0. The van der Waals surface area contributed by atoms with Gasteiger partial charge in [-0.05, 0) is 6.92 Å². The third-order valence-corrected chi connectivity index (χ3v) is 1.84. The molecule has 1 aliphatic heterocycles. The maximum absolute atomic E-state index is 11.2. The first-order valence-electron chi connectivity index (χ1n) is 3.62. The number of aliphatic imine (C=N–C) groups is 2. The first kappa shape index (κ1) is 10.0. The number of ether oxygens (including phenoxy) is 1. The van der Waals surface area contributed by atoms with Crippen LogP contribution in [0.1, 0.15) is 6.92 Å². The van der Waals surface area contributed by atoms with Gasteiger partial charge in [0.25, 0.3) is 0 Å². The van der Waals surface area contributed by atoms with Crippen LogP contribution < -0.4 is 0 Å². The van der Waals surface area contributed by atoms with Crippen molar-refractivity contribution in [2.24, 2.45) is 9.98 Å². The topological polar surface area (TPSA) is 68.1 Å². The monoisotopic (exact) mass is 246 g/mol. The third kappa shape index (κ3) is 2.21. The summed E-state index contributed by atoms with van der Waals surface area (Å²) >= 11 is 3.09. The molecular formula is C7H7BrN2O3. The minimum absolute atomic E-state index is 0.00345. The summed E-state index contributed by atoms with van der Waals surface area (Å²) in [5.74, 6) is -0.605. The van der Waals surface area contributed by atoms with Crippen LogP contribution >= 0.6 is 15.9 Å². The van der Waals surface area contributed by atoms with Gasteiger partial charge in [-0.3, -0.25) is 0 Å². The smallest absolute Gasteiger partial charge is 0.368 e. The van der Waals surface area contributed by atoms with Gasteiger partial charge in [0, 0.05) is 5.33 Å². The zero-order chi connectivity index (χ0) is 9.84. The lowest BCUT2D eigenvalue weighted by Crippen LogP contribution is -2.25. The highest BCUT2D eigenvalue weighted by atomic mass is 79.9. The van der Waals surface area contributed by atoms with Gasteiger partial charge in [-0.25, -0.2) is 9.59 Å². The Labute approximate surface area is 83.0 Å². The van der Waals surface area contributed by atoms with Crippen LogP contribution in [0.25, 0.3) is 0 Å². The van der Waals surface area contributed by atoms with Gasteiger partial charge in [-0.2, -0.15) is 9.98 Å². The number of carbonyl (C=O) groups is 2. The van der Waals surface area contributed by atoms with Gasteiger partial charge in [0.05, 0.1) is 12.3 Å². The van der Waals surface area contributed by atoms with E-state index in [1.165, 1.54) is 0 Å². The summed E-state index contributed by atoms with van der Waals surface area (Å²) in [5.41, 5.74) is 0.326. The fourth-order valence-corrected chi connectivity index (χ4v) is 1.20. The fourth-order valence-electron chi connectivity index (χ4n) is 0.810. The van der Waals surface area contributed by atoms with Crippen LogP contribution in [0.3, 0.4) is 0 Å². The average molecular weight is 247 g/mol. The van der Waals surface area contributed by atoms with Gasteiger partial charge in [0.2, 0.25) is 0 Å². The van der Waals surface area contributed by atoms with Gasteiger partial charge >= 0.3 is 12.0 Å². The molecule has 13 heavy (non-hydrogen) atoms. The number of nitrogens with zero attached hydrogens (tertiary/aromatic N) is 2. The highest BCUT2D eigenvalue weighted by molar-refractivity contribution is 9.09. The summed E-state index contributed by atoms with van der Waals surface area (Å²) in [4.78, 5) is 28.8. The van der Waals surface area contributed by atoms with Crippen LogP contribution in [0.2, 0.25) is 0 Å². The summed E-state index contributed by atoms with van der Waals surface area (Å²) in [6.45, 7) is 1.93. The van der Waals surface area contributed by atoms with Crippen LogP contribution in [-0.4, -0.2) is 35.4 Å². The standard InChI is InChI=1S/C7H7BrN2O3/c1-2-13-6(11)5-4(3-8)9-7(12)10-5/h2-3H2,1H3. The molecule has 0 atom stereocenters. The number of amides is 2. The van der Waals surface area contributed by atoms with Gasteiger partial charge in [-0.1, -0.05) is 15.9 Å². The van der Waals surface area contributed by atoms with Crippen LogP contribution in [0.4, 0.5) is 4.79 Å². The lowest BCUT2D eigenvalue weighted by Gasteiger charge is -2.00. The third-order valence-electron chi connectivity index (χ3n) is 1.31. The second kappa shape index (κ2) is 4.27. The summed E-state index contributed by atoms with van der Waals surface area (Å²) in [5, 5.41) is 0.316. The minimum atomic E-state index is -0.655.